The van der Waals surface area contributed by atoms with Crippen LogP contribution in [0.4, 0.5) is 0 Å². The van der Waals surface area contributed by atoms with E-state index in [9.17, 15) is 19.2 Å². The van der Waals surface area contributed by atoms with E-state index in [-0.39, 0.29) is 23.9 Å². The predicted molar refractivity (Wildman–Crippen MR) is 365 cm³/mol. The van der Waals surface area contributed by atoms with Gasteiger partial charge in [-0.05, 0) is 143 Å². The summed E-state index contributed by atoms with van der Waals surface area (Å²) >= 11 is 0. The monoisotopic (exact) mass is 1210 g/mol. The van der Waals surface area contributed by atoms with Crippen LogP contribution in [0, 0.1) is 0 Å². The Hall–Kier alpha value is -8.24. The Bertz CT molecular complexity index is 3210. The lowest BCUT2D eigenvalue weighted by Crippen LogP contribution is -2.07. The Morgan fingerprint density at radius 1 is 0.300 bits per heavy atom. The summed E-state index contributed by atoms with van der Waals surface area (Å²) in [5.74, 6) is 1.68. The van der Waals surface area contributed by atoms with E-state index in [4.69, 9.17) is 28.4 Å². The van der Waals surface area contributed by atoms with Crippen molar-refractivity contribution in [3.8, 4) is 56.4 Å². The second kappa shape index (κ2) is 38.3. The van der Waals surface area contributed by atoms with Crippen molar-refractivity contribution in [1.82, 2.24) is 0 Å². The topological polar surface area (TPSA) is 124 Å². The van der Waals surface area contributed by atoms with E-state index >= 15 is 0 Å². The zero-order valence-electron chi connectivity index (χ0n) is 53.5. The molecule has 0 heterocycles. The molecule has 0 aliphatic rings. The van der Waals surface area contributed by atoms with Gasteiger partial charge >= 0.3 is 23.9 Å². The quantitative estimate of drug-likeness (QED) is 0.0208. The Morgan fingerprint density at radius 2 is 0.611 bits per heavy atom. The number of fused-ring (bicyclic) bond motifs is 2. The molecule has 10 nitrogen and oxygen atoms in total. The van der Waals surface area contributed by atoms with Crippen molar-refractivity contribution in [3.05, 3.63) is 181 Å². The molecule has 0 spiro atoms. The van der Waals surface area contributed by atoms with E-state index in [1.807, 2.05) is 72.8 Å². The summed E-state index contributed by atoms with van der Waals surface area (Å²) in [6, 6.07) is 55.3. The van der Waals surface area contributed by atoms with E-state index in [0.717, 1.165) is 169 Å². The average Bonchev–Trinajstić information content (AvgIpc) is 0.796. The van der Waals surface area contributed by atoms with Gasteiger partial charge in [-0.1, -0.05) is 239 Å². The van der Waals surface area contributed by atoms with Crippen molar-refractivity contribution >= 4 is 45.4 Å². The zero-order valence-corrected chi connectivity index (χ0v) is 53.5. The Balaban J connectivity index is 0.712. The van der Waals surface area contributed by atoms with Gasteiger partial charge < -0.3 is 28.4 Å². The van der Waals surface area contributed by atoms with Gasteiger partial charge in [0.2, 0.25) is 0 Å². The van der Waals surface area contributed by atoms with Gasteiger partial charge in [0.05, 0.1) is 37.6 Å². The number of rotatable bonds is 41. The Morgan fingerprint density at radius 3 is 0.978 bits per heavy atom. The fraction of sp³-hybridized carbons (Fsp3) is 0.400. The van der Waals surface area contributed by atoms with Gasteiger partial charge in [-0.3, -0.25) is 9.59 Å². The molecule has 0 aliphatic carbocycles. The SMILES string of the molecule is CCCCCCCCOC(=O)c1ccc(-c2ccc(OC(=O)CCCCCCCCOc3ccc4ccccc4c3-c3c(OCCCCCCCCC(=O)Oc4ccc(-c5ccc(C(=O)OCCCCCCCC)cc5)cc4)ccc4ccccc34)cc2)cc1. The van der Waals surface area contributed by atoms with Crippen LogP contribution < -0.4 is 18.9 Å². The van der Waals surface area contributed by atoms with Crippen LogP contribution in [0.15, 0.2) is 170 Å². The van der Waals surface area contributed by atoms with Crippen LogP contribution in [0.25, 0.3) is 54.9 Å². The van der Waals surface area contributed by atoms with E-state index in [0.29, 0.717) is 61.9 Å². The number of unbranched alkanes of at least 4 members (excludes halogenated alkanes) is 20. The van der Waals surface area contributed by atoms with Gasteiger partial charge in [-0.15, -0.1) is 0 Å². The molecular weight excluding hydrogens is 1120 g/mol. The number of hydrogen-bond donors (Lipinski definition) is 0. The van der Waals surface area contributed by atoms with Crippen LogP contribution in [0.5, 0.6) is 23.0 Å². The zero-order chi connectivity index (χ0) is 62.8. The normalized spacial score (nSPS) is 11.2. The first-order chi connectivity index (χ1) is 44.3. The van der Waals surface area contributed by atoms with Gasteiger partial charge in [-0.2, -0.15) is 0 Å². The van der Waals surface area contributed by atoms with Crippen LogP contribution in [0.3, 0.4) is 0 Å². The van der Waals surface area contributed by atoms with E-state index in [1.54, 1.807) is 24.3 Å². The van der Waals surface area contributed by atoms with Crippen molar-refractivity contribution in [2.24, 2.45) is 0 Å². The minimum absolute atomic E-state index is 0.229. The number of carbonyl (C=O) groups is 4. The molecule has 0 saturated carbocycles. The van der Waals surface area contributed by atoms with Crippen LogP contribution in [0.2, 0.25) is 0 Å². The molecule has 8 rings (SSSR count). The first kappa shape index (κ1) is 67.7. The molecule has 90 heavy (non-hydrogen) atoms. The third-order valence-corrected chi connectivity index (χ3v) is 16.6. The van der Waals surface area contributed by atoms with E-state index in [2.05, 4.69) is 86.6 Å². The van der Waals surface area contributed by atoms with Gasteiger partial charge in [0.1, 0.15) is 23.0 Å². The van der Waals surface area contributed by atoms with Crippen molar-refractivity contribution in [1.29, 1.82) is 0 Å². The molecule has 0 fully saturated rings. The minimum Gasteiger partial charge on any atom is -0.493 e. The van der Waals surface area contributed by atoms with Crippen LogP contribution >= 0.6 is 0 Å². The molecule has 8 aromatic carbocycles. The predicted octanol–water partition coefficient (Wildman–Crippen LogP) is 21.5. The van der Waals surface area contributed by atoms with Crippen molar-refractivity contribution in [3.63, 3.8) is 0 Å². The van der Waals surface area contributed by atoms with Crippen LogP contribution in [-0.2, 0) is 19.1 Å². The Labute approximate surface area is 535 Å². The van der Waals surface area contributed by atoms with Gasteiger partial charge in [-0.25, -0.2) is 9.59 Å². The third kappa shape index (κ3) is 22.1. The van der Waals surface area contributed by atoms with Crippen LogP contribution in [-0.4, -0.2) is 50.3 Å². The molecule has 8 aromatic rings. The maximum Gasteiger partial charge on any atom is 0.338 e. The number of hydrogen-bond acceptors (Lipinski definition) is 10. The highest BCUT2D eigenvalue weighted by atomic mass is 16.5. The maximum atomic E-state index is 12.8. The summed E-state index contributed by atoms with van der Waals surface area (Å²) in [5, 5.41) is 4.51. The number of esters is 4. The molecule has 474 valence electrons. The lowest BCUT2D eigenvalue weighted by Gasteiger charge is -2.20. The molecular formula is C80H94O10. The molecule has 0 saturated heterocycles. The smallest absolute Gasteiger partial charge is 0.338 e. The van der Waals surface area contributed by atoms with E-state index < -0.39 is 0 Å². The highest BCUT2D eigenvalue weighted by molar-refractivity contribution is 6.09. The van der Waals surface area contributed by atoms with Gasteiger partial charge in [0, 0.05) is 24.0 Å². The summed E-state index contributed by atoms with van der Waals surface area (Å²) < 4.78 is 35.7. The molecule has 0 atom stereocenters. The second-order valence-electron chi connectivity index (χ2n) is 23.7. The van der Waals surface area contributed by atoms with E-state index in [1.165, 1.54) is 51.4 Å². The number of benzene rings is 8. The first-order valence-electron chi connectivity index (χ1n) is 33.7. The summed E-state index contributed by atoms with van der Waals surface area (Å²) in [6.45, 7) is 6.48. The number of ether oxygens (including phenoxy) is 6. The lowest BCUT2D eigenvalue weighted by atomic mass is 9.92. The lowest BCUT2D eigenvalue weighted by molar-refractivity contribution is -0.135. The fourth-order valence-electron chi connectivity index (χ4n) is 11.4. The van der Waals surface area contributed by atoms with Crippen molar-refractivity contribution in [2.75, 3.05) is 26.4 Å². The molecule has 0 N–H and O–H groups in total. The highest BCUT2D eigenvalue weighted by Crippen LogP contribution is 2.46. The summed E-state index contributed by atoms with van der Waals surface area (Å²) in [5.41, 5.74) is 7.05. The summed E-state index contributed by atoms with van der Waals surface area (Å²) in [4.78, 5) is 50.6. The van der Waals surface area contributed by atoms with Crippen molar-refractivity contribution < 1.29 is 47.6 Å². The minimum atomic E-state index is -0.292. The maximum absolute atomic E-state index is 12.8. The standard InChI is InChI=1S/C80H94O10/c1-3-5-7-9-17-29-59-87-79(83)67-41-37-61(38-42-67)63-45-51-69(52-46-63)89-75(81)35-21-15-11-13-19-27-57-85-73-55-49-65-31-23-25-33-71(65)77(73)78-72-34-26-24-32-66(72)50-56-74(78)86-58-28-20-14-12-16-22-36-76(82)90-70-53-47-64(48-54-70)62-39-43-68(44-40-62)80(84)88-60-30-18-10-8-6-4-2/h23-26,31-34,37-56H,3-22,27-30,35-36,57-60H2,1-2H3. The molecule has 0 aliphatic heterocycles. The Kier molecular flexibility index (Phi) is 28.8. The second-order valence-corrected chi connectivity index (χ2v) is 23.7. The van der Waals surface area contributed by atoms with Crippen LogP contribution in [0.1, 0.15) is 202 Å². The summed E-state index contributed by atoms with van der Waals surface area (Å²) in [7, 11) is 0. The molecule has 0 amide bonds. The molecule has 10 heteroatoms. The molecule has 0 unspecified atom stereocenters. The third-order valence-electron chi connectivity index (χ3n) is 16.6. The van der Waals surface area contributed by atoms with Crippen molar-refractivity contribution in [2.45, 2.75) is 181 Å². The fourth-order valence-corrected chi connectivity index (χ4v) is 11.4. The summed E-state index contributed by atoms with van der Waals surface area (Å²) in [6.07, 6.45) is 26.0. The first-order valence-corrected chi connectivity index (χ1v) is 33.7. The average molecular weight is 1220 g/mol. The molecule has 0 bridgehead atoms. The molecule has 0 radical (unpaired) electrons. The van der Waals surface area contributed by atoms with Gasteiger partial charge in [0.15, 0.2) is 0 Å². The van der Waals surface area contributed by atoms with Gasteiger partial charge in [0.25, 0.3) is 0 Å². The number of carbonyl (C=O) groups excluding carboxylic acids is 4. The highest BCUT2D eigenvalue weighted by Gasteiger charge is 2.20. The molecule has 0 aromatic heterocycles. The largest absolute Gasteiger partial charge is 0.493 e.